The van der Waals surface area contributed by atoms with Crippen LogP contribution in [0.4, 0.5) is 0 Å². The second-order valence-corrected chi connectivity index (χ2v) is 10.5. The lowest BCUT2D eigenvalue weighted by atomic mass is 9.69. The lowest BCUT2D eigenvalue weighted by molar-refractivity contribution is 0.372. The molecule has 0 bridgehead atoms. The fraction of sp³-hybridized carbons (Fsp3) is 0.370. The summed E-state index contributed by atoms with van der Waals surface area (Å²) in [5.74, 6) is 0.381. The molecule has 0 atom stereocenters. The Morgan fingerprint density at radius 2 is 1.48 bits per heavy atom. The van der Waals surface area contributed by atoms with Gasteiger partial charge in [-0.15, -0.1) is 23.5 Å². The topological polar surface area (TPSA) is 44.0 Å². The van der Waals surface area contributed by atoms with Gasteiger partial charge in [0.1, 0.15) is 5.75 Å². The first-order chi connectivity index (χ1) is 15.1. The SMILES string of the molecule is CSc1cc2c(O)cc3c(c2cc1SC)-c1ccc(C#N)cc1C31CCCCCCC1. The lowest BCUT2D eigenvalue weighted by Crippen LogP contribution is -2.26. The number of hydrogen-bond donors (Lipinski definition) is 1. The van der Waals surface area contributed by atoms with Gasteiger partial charge in [0.25, 0.3) is 0 Å². The van der Waals surface area contributed by atoms with Gasteiger partial charge in [-0.2, -0.15) is 5.26 Å². The maximum absolute atomic E-state index is 11.2. The molecule has 0 heterocycles. The van der Waals surface area contributed by atoms with Gasteiger partial charge in [-0.1, -0.05) is 38.2 Å². The van der Waals surface area contributed by atoms with E-state index >= 15 is 0 Å². The Morgan fingerprint density at radius 1 is 0.839 bits per heavy atom. The van der Waals surface area contributed by atoms with E-state index in [2.05, 4.69) is 42.8 Å². The summed E-state index contributed by atoms with van der Waals surface area (Å²) < 4.78 is 0. The quantitative estimate of drug-likeness (QED) is 0.408. The van der Waals surface area contributed by atoms with Crippen molar-refractivity contribution in [3.8, 4) is 22.9 Å². The van der Waals surface area contributed by atoms with Crippen LogP contribution in [0.15, 0.2) is 46.2 Å². The van der Waals surface area contributed by atoms with Crippen LogP contribution in [0, 0.1) is 11.3 Å². The van der Waals surface area contributed by atoms with Crippen molar-refractivity contribution in [2.45, 2.75) is 60.2 Å². The number of phenolic OH excluding ortho intramolecular Hbond substituents is 1. The first-order valence-electron chi connectivity index (χ1n) is 11.1. The van der Waals surface area contributed by atoms with Crippen molar-refractivity contribution >= 4 is 34.3 Å². The number of benzene rings is 3. The highest BCUT2D eigenvalue weighted by Gasteiger charge is 2.44. The number of nitriles is 1. The average Bonchev–Trinajstić information content (AvgIpc) is 3.04. The highest BCUT2D eigenvalue weighted by molar-refractivity contribution is 8.01. The molecule has 2 nitrogen and oxygen atoms in total. The Labute approximate surface area is 193 Å². The summed E-state index contributed by atoms with van der Waals surface area (Å²) in [5.41, 5.74) is 5.74. The minimum atomic E-state index is -0.0959. The molecule has 1 spiro atoms. The van der Waals surface area contributed by atoms with E-state index in [4.69, 9.17) is 0 Å². The molecule has 2 aliphatic carbocycles. The summed E-state index contributed by atoms with van der Waals surface area (Å²) >= 11 is 3.49. The first-order valence-corrected chi connectivity index (χ1v) is 13.5. The van der Waals surface area contributed by atoms with Crippen LogP contribution in [0.1, 0.15) is 61.6 Å². The molecule has 5 rings (SSSR count). The molecular formula is C27H27NOS2. The first kappa shape index (κ1) is 20.8. The van der Waals surface area contributed by atoms with Crippen molar-refractivity contribution in [2.24, 2.45) is 0 Å². The Kier molecular flexibility index (Phi) is 5.44. The van der Waals surface area contributed by atoms with Crippen molar-refractivity contribution in [2.75, 3.05) is 12.5 Å². The summed E-state index contributed by atoms with van der Waals surface area (Å²) in [6, 6.07) is 15.1. The van der Waals surface area contributed by atoms with Gasteiger partial charge in [0, 0.05) is 20.6 Å². The second kappa shape index (κ2) is 8.11. The molecule has 0 amide bonds. The Balaban J connectivity index is 1.88. The molecule has 1 N–H and O–H groups in total. The monoisotopic (exact) mass is 445 g/mol. The van der Waals surface area contributed by atoms with E-state index in [1.807, 2.05) is 12.1 Å². The predicted molar refractivity (Wildman–Crippen MR) is 132 cm³/mol. The van der Waals surface area contributed by atoms with E-state index in [9.17, 15) is 10.4 Å². The summed E-state index contributed by atoms with van der Waals surface area (Å²) in [7, 11) is 0. The van der Waals surface area contributed by atoms with Crippen molar-refractivity contribution in [3.63, 3.8) is 0 Å². The number of thioether (sulfide) groups is 2. The van der Waals surface area contributed by atoms with Gasteiger partial charge in [0.15, 0.2) is 0 Å². The van der Waals surface area contributed by atoms with Gasteiger partial charge in [0.05, 0.1) is 11.6 Å². The summed E-state index contributed by atoms with van der Waals surface area (Å²) in [6.07, 6.45) is 12.6. The number of rotatable bonds is 2. The molecule has 158 valence electrons. The fourth-order valence-corrected chi connectivity index (χ4v) is 7.31. The third-order valence-corrected chi connectivity index (χ3v) is 8.96. The molecule has 0 radical (unpaired) electrons. The minimum Gasteiger partial charge on any atom is -0.507 e. The minimum absolute atomic E-state index is 0.0959. The standard InChI is InChI=1S/C27H27NOS2/c1-30-24-13-19-20(14-25(24)31-2)26-18-9-8-17(16-28)12-21(18)27(22(26)15-23(19)29)10-6-4-3-5-7-11-27/h8-9,12-15,29H,3-7,10-11H2,1-2H3. The van der Waals surface area contributed by atoms with Crippen LogP contribution >= 0.6 is 23.5 Å². The maximum atomic E-state index is 11.2. The second-order valence-electron chi connectivity index (χ2n) is 8.79. The van der Waals surface area contributed by atoms with Gasteiger partial charge in [0.2, 0.25) is 0 Å². The highest BCUT2D eigenvalue weighted by Crippen LogP contribution is 2.58. The molecule has 3 aromatic rings. The van der Waals surface area contributed by atoms with Crippen LogP contribution in [0.25, 0.3) is 21.9 Å². The van der Waals surface area contributed by atoms with E-state index in [1.165, 1.54) is 64.1 Å². The summed E-state index contributed by atoms with van der Waals surface area (Å²) in [5, 5.41) is 22.9. The van der Waals surface area contributed by atoms with Crippen LogP contribution in [-0.2, 0) is 5.41 Å². The molecular weight excluding hydrogens is 418 g/mol. The molecule has 0 aromatic heterocycles. The Hall–Kier alpha value is -2.09. The number of fused-ring (bicyclic) bond motifs is 7. The molecule has 0 aliphatic heterocycles. The molecule has 0 unspecified atom stereocenters. The number of aromatic hydroxyl groups is 1. The zero-order valence-electron chi connectivity index (χ0n) is 18.1. The molecule has 4 heteroatoms. The third-order valence-electron chi connectivity index (χ3n) is 7.28. The predicted octanol–water partition coefficient (Wildman–Crippen LogP) is 7.87. The Bertz CT molecular complexity index is 1220. The van der Waals surface area contributed by atoms with Gasteiger partial charge < -0.3 is 5.11 Å². The third kappa shape index (κ3) is 3.17. The van der Waals surface area contributed by atoms with E-state index in [0.717, 1.165) is 29.2 Å². The molecule has 1 fully saturated rings. The lowest BCUT2D eigenvalue weighted by Gasteiger charge is -2.34. The molecule has 3 aromatic carbocycles. The van der Waals surface area contributed by atoms with Gasteiger partial charge in [-0.25, -0.2) is 0 Å². The zero-order valence-corrected chi connectivity index (χ0v) is 19.8. The smallest absolute Gasteiger partial charge is 0.123 e. The van der Waals surface area contributed by atoms with Gasteiger partial charge >= 0.3 is 0 Å². The van der Waals surface area contributed by atoms with E-state index in [1.54, 1.807) is 23.5 Å². The Morgan fingerprint density at radius 3 is 2.13 bits per heavy atom. The largest absolute Gasteiger partial charge is 0.507 e. The normalized spacial score (nSPS) is 17.1. The van der Waals surface area contributed by atoms with Crippen molar-refractivity contribution in [3.05, 3.63) is 53.1 Å². The average molecular weight is 446 g/mol. The van der Waals surface area contributed by atoms with Crippen LogP contribution in [0.5, 0.6) is 5.75 Å². The van der Waals surface area contributed by atoms with Crippen molar-refractivity contribution in [1.82, 2.24) is 0 Å². The molecule has 1 saturated carbocycles. The number of phenols is 1. The zero-order chi connectivity index (χ0) is 21.6. The molecule has 2 aliphatic rings. The van der Waals surface area contributed by atoms with Crippen LogP contribution in [0.3, 0.4) is 0 Å². The van der Waals surface area contributed by atoms with E-state index < -0.39 is 0 Å². The van der Waals surface area contributed by atoms with E-state index in [-0.39, 0.29) is 5.41 Å². The van der Waals surface area contributed by atoms with Crippen LogP contribution < -0.4 is 0 Å². The highest BCUT2D eigenvalue weighted by atomic mass is 32.2. The van der Waals surface area contributed by atoms with Crippen LogP contribution in [-0.4, -0.2) is 17.6 Å². The van der Waals surface area contributed by atoms with E-state index in [0.29, 0.717) is 5.75 Å². The molecule has 0 saturated heterocycles. The summed E-state index contributed by atoms with van der Waals surface area (Å²) in [6.45, 7) is 0. The maximum Gasteiger partial charge on any atom is 0.123 e. The van der Waals surface area contributed by atoms with Gasteiger partial charge in [-0.05, 0) is 83.3 Å². The summed E-state index contributed by atoms with van der Waals surface area (Å²) in [4.78, 5) is 2.45. The molecule has 31 heavy (non-hydrogen) atoms. The fourth-order valence-electron chi connectivity index (χ4n) is 5.82. The van der Waals surface area contributed by atoms with Crippen LogP contribution in [0.2, 0.25) is 0 Å². The van der Waals surface area contributed by atoms with Crippen molar-refractivity contribution < 1.29 is 5.11 Å². The van der Waals surface area contributed by atoms with Gasteiger partial charge in [-0.3, -0.25) is 0 Å². The van der Waals surface area contributed by atoms with Crippen molar-refractivity contribution in [1.29, 1.82) is 5.26 Å². The number of nitrogens with zero attached hydrogens (tertiary/aromatic N) is 1. The number of hydrogen-bond acceptors (Lipinski definition) is 4.